The molecule has 3 nitrogen and oxygen atoms in total. The van der Waals surface area contributed by atoms with Crippen molar-refractivity contribution in [3.05, 3.63) is 22.7 Å². The van der Waals surface area contributed by atoms with E-state index in [1.807, 2.05) is 6.07 Å². The van der Waals surface area contributed by atoms with Gasteiger partial charge in [0.1, 0.15) is 11.8 Å². The van der Waals surface area contributed by atoms with Gasteiger partial charge in [-0.25, -0.2) is 0 Å². The summed E-state index contributed by atoms with van der Waals surface area (Å²) in [7, 11) is 0. The van der Waals surface area contributed by atoms with Gasteiger partial charge < -0.3 is 10.5 Å². The van der Waals surface area contributed by atoms with E-state index in [9.17, 15) is 0 Å². The fraction of sp³-hybridized carbons (Fsp3) is 0.462. The first kappa shape index (κ1) is 12.1. The molecular formula is C13H15ClN2O. The van der Waals surface area contributed by atoms with Gasteiger partial charge in [0.15, 0.2) is 0 Å². The summed E-state index contributed by atoms with van der Waals surface area (Å²) in [6.45, 7) is 2.05. The SMILES string of the molecule is CC(Oc1cc(Cl)c(C#N)cc1N)C1CCC1. The van der Waals surface area contributed by atoms with E-state index in [0.717, 1.165) is 0 Å². The lowest BCUT2D eigenvalue weighted by molar-refractivity contribution is 0.0996. The molecule has 0 aliphatic heterocycles. The molecule has 0 amide bonds. The van der Waals surface area contributed by atoms with Crippen LogP contribution in [0.1, 0.15) is 31.7 Å². The Labute approximate surface area is 106 Å². The Kier molecular flexibility index (Phi) is 3.44. The van der Waals surface area contributed by atoms with Gasteiger partial charge in [0, 0.05) is 6.07 Å². The lowest BCUT2D eigenvalue weighted by Crippen LogP contribution is -2.29. The van der Waals surface area contributed by atoms with Crippen LogP contribution in [0.15, 0.2) is 12.1 Å². The van der Waals surface area contributed by atoms with Gasteiger partial charge in [-0.15, -0.1) is 0 Å². The van der Waals surface area contributed by atoms with Crippen LogP contribution in [-0.4, -0.2) is 6.10 Å². The topological polar surface area (TPSA) is 59.0 Å². The molecule has 1 atom stereocenters. The van der Waals surface area contributed by atoms with E-state index in [4.69, 9.17) is 27.3 Å². The second-order valence-corrected chi connectivity index (χ2v) is 4.90. The zero-order chi connectivity index (χ0) is 12.4. The summed E-state index contributed by atoms with van der Waals surface area (Å²) in [4.78, 5) is 0. The summed E-state index contributed by atoms with van der Waals surface area (Å²) in [5.74, 6) is 1.19. The number of anilines is 1. The third-order valence-corrected chi connectivity index (χ3v) is 3.66. The normalized spacial score (nSPS) is 17.0. The Hall–Kier alpha value is -1.40. The zero-order valence-corrected chi connectivity index (χ0v) is 10.5. The molecule has 0 radical (unpaired) electrons. The van der Waals surface area contributed by atoms with E-state index in [1.54, 1.807) is 12.1 Å². The van der Waals surface area contributed by atoms with Crippen molar-refractivity contribution in [3.8, 4) is 11.8 Å². The van der Waals surface area contributed by atoms with Crippen molar-refractivity contribution in [1.29, 1.82) is 5.26 Å². The van der Waals surface area contributed by atoms with Crippen molar-refractivity contribution in [2.45, 2.75) is 32.3 Å². The minimum absolute atomic E-state index is 0.148. The molecule has 1 unspecified atom stereocenters. The Balaban J connectivity index is 2.15. The van der Waals surface area contributed by atoms with Crippen molar-refractivity contribution in [3.63, 3.8) is 0 Å². The van der Waals surface area contributed by atoms with E-state index in [1.165, 1.54) is 19.3 Å². The summed E-state index contributed by atoms with van der Waals surface area (Å²) in [5, 5.41) is 9.21. The molecule has 90 valence electrons. The average molecular weight is 251 g/mol. The molecule has 0 bridgehead atoms. The van der Waals surface area contributed by atoms with Crippen molar-refractivity contribution in [2.24, 2.45) is 5.92 Å². The van der Waals surface area contributed by atoms with Crippen molar-refractivity contribution < 1.29 is 4.74 Å². The van der Waals surface area contributed by atoms with Gasteiger partial charge in [0.25, 0.3) is 0 Å². The number of hydrogen-bond acceptors (Lipinski definition) is 3. The third-order valence-electron chi connectivity index (χ3n) is 3.35. The van der Waals surface area contributed by atoms with Gasteiger partial charge in [0.05, 0.1) is 22.4 Å². The highest BCUT2D eigenvalue weighted by Crippen LogP contribution is 2.35. The molecule has 4 heteroatoms. The van der Waals surface area contributed by atoms with Crippen LogP contribution in [0, 0.1) is 17.2 Å². The monoisotopic (exact) mass is 250 g/mol. The fourth-order valence-electron chi connectivity index (χ4n) is 1.97. The molecule has 2 N–H and O–H groups in total. The van der Waals surface area contributed by atoms with Crippen LogP contribution in [0.25, 0.3) is 0 Å². The second-order valence-electron chi connectivity index (χ2n) is 4.50. The quantitative estimate of drug-likeness (QED) is 0.837. The van der Waals surface area contributed by atoms with Gasteiger partial charge >= 0.3 is 0 Å². The molecule has 0 saturated heterocycles. The predicted molar refractivity (Wildman–Crippen MR) is 68.0 cm³/mol. The van der Waals surface area contributed by atoms with Crippen LogP contribution in [0.2, 0.25) is 5.02 Å². The van der Waals surface area contributed by atoms with Gasteiger partial charge in [0.2, 0.25) is 0 Å². The maximum Gasteiger partial charge on any atom is 0.144 e. The molecule has 17 heavy (non-hydrogen) atoms. The molecule has 0 aromatic heterocycles. The van der Waals surface area contributed by atoms with E-state index in [2.05, 4.69) is 6.92 Å². The standard InChI is InChI=1S/C13H15ClN2O/c1-8(9-3-2-4-9)17-13-6-11(14)10(7-15)5-12(13)16/h5-6,8-9H,2-4,16H2,1H3. The Morgan fingerprint density at radius 3 is 2.76 bits per heavy atom. The van der Waals surface area contributed by atoms with Gasteiger partial charge in [-0.2, -0.15) is 5.26 Å². The highest BCUT2D eigenvalue weighted by molar-refractivity contribution is 6.32. The minimum Gasteiger partial charge on any atom is -0.488 e. The maximum absolute atomic E-state index is 8.82. The number of ether oxygens (including phenoxy) is 1. The number of nitrogens with two attached hydrogens (primary N) is 1. The van der Waals surface area contributed by atoms with Crippen LogP contribution in [-0.2, 0) is 0 Å². The Morgan fingerprint density at radius 1 is 1.53 bits per heavy atom. The van der Waals surface area contributed by atoms with E-state index < -0.39 is 0 Å². The van der Waals surface area contributed by atoms with Crippen molar-refractivity contribution in [2.75, 3.05) is 5.73 Å². The highest BCUT2D eigenvalue weighted by Gasteiger charge is 2.25. The molecule has 1 aliphatic carbocycles. The first-order valence-corrected chi connectivity index (χ1v) is 6.15. The van der Waals surface area contributed by atoms with E-state index in [-0.39, 0.29) is 6.10 Å². The van der Waals surface area contributed by atoms with Crippen LogP contribution in [0.3, 0.4) is 0 Å². The second kappa shape index (κ2) is 4.85. The summed E-state index contributed by atoms with van der Waals surface area (Å²) in [5.41, 5.74) is 6.69. The van der Waals surface area contributed by atoms with Crippen LogP contribution < -0.4 is 10.5 Å². The summed E-state index contributed by atoms with van der Waals surface area (Å²) in [6, 6.07) is 5.18. The molecular weight excluding hydrogens is 236 g/mol. The number of hydrogen-bond donors (Lipinski definition) is 1. The van der Waals surface area contributed by atoms with Crippen LogP contribution in [0.4, 0.5) is 5.69 Å². The predicted octanol–water partition coefficient (Wildman–Crippen LogP) is 3.36. The summed E-state index contributed by atoms with van der Waals surface area (Å²) >= 11 is 5.95. The lowest BCUT2D eigenvalue weighted by atomic mass is 9.82. The van der Waals surface area contributed by atoms with E-state index in [0.29, 0.717) is 27.9 Å². The first-order chi connectivity index (χ1) is 8.11. The number of halogens is 1. The molecule has 1 aromatic rings. The van der Waals surface area contributed by atoms with Crippen LogP contribution in [0.5, 0.6) is 5.75 Å². The number of nitrogen functional groups attached to an aromatic ring is 1. The number of rotatable bonds is 3. The fourth-order valence-corrected chi connectivity index (χ4v) is 2.16. The van der Waals surface area contributed by atoms with Crippen LogP contribution >= 0.6 is 11.6 Å². The maximum atomic E-state index is 8.82. The lowest BCUT2D eigenvalue weighted by Gasteiger charge is -2.31. The molecule has 1 aliphatic rings. The van der Waals surface area contributed by atoms with E-state index >= 15 is 0 Å². The van der Waals surface area contributed by atoms with Crippen molar-refractivity contribution in [1.82, 2.24) is 0 Å². The molecule has 1 aromatic carbocycles. The molecule has 0 spiro atoms. The smallest absolute Gasteiger partial charge is 0.144 e. The average Bonchev–Trinajstić information content (AvgIpc) is 2.20. The van der Waals surface area contributed by atoms with Gasteiger partial charge in [-0.05, 0) is 31.7 Å². The van der Waals surface area contributed by atoms with Gasteiger partial charge in [-0.1, -0.05) is 18.0 Å². The Morgan fingerprint density at radius 2 is 2.24 bits per heavy atom. The largest absolute Gasteiger partial charge is 0.488 e. The summed E-state index contributed by atoms with van der Waals surface area (Å²) < 4.78 is 5.81. The molecule has 2 rings (SSSR count). The molecule has 1 saturated carbocycles. The number of nitriles is 1. The zero-order valence-electron chi connectivity index (χ0n) is 9.74. The summed E-state index contributed by atoms with van der Waals surface area (Å²) in [6.07, 6.45) is 3.85. The highest BCUT2D eigenvalue weighted by atomic mass is 35.5. The van der Waals surface area contributed by atoms with Gasteiger partial charge in [-0.3, -0.25) is 0 Å². The third kappa shape index (κ3) is 2.48. The minimum atomic E-state index is 0.148. The number of benzene rings is 1. The number of nitrogens with zero attached hydrogens (tertiary/aromatic N) is 1. The first-order valence-electron chi connectivity index (χ1n) is 5.77. The molecule has 1 fully saturated rings. The van der Waals surface area contributed by atoms with Crippen molar-refractivity contribution >= 4 is 17.3 Å². The molecule has 0 heterocycles. The Bertz CT molecular complexity index is 463.